The molecule has 0 spiro atoms. The summed E-state index contributed by atoms with van der Waals surface area (Å²) < 4.78 is 40.1. The Hall–Kier alpha value is -3.09. The van der Waals surface area contributed by atoms with E-state index < -0.39 is 17.6 Å². The summed E-state index contributed by atoms with van der Waals surface area (Å²) in [6, 6.07) is 13.7. The van der Waals surface area contributed by atoms with Crippen LogP contribution in [0, 0.1) is 0 Å². The molecule has 0 saturated heterocycles. The molecule has 0 aliphatic rings. The standard InChI is InChI=1S/C19H16F3N3O/c20-19(21,22)17-8-3-7-14(11-17)18(26)23-12-15-5-1-2-6-16(15)13-25-10-4-9-24-25/h1-11H,12-13H2,(H,23,26). The Balaban J connectivity index is 1.71. The number of aromatic nitrogens is 2. The van der Waals surface area contributed by atoms with Crippen LogP contribution in [0.5, 0.6) is 0 Å². The summed E-state index contributed by atoms with van der Waals surface area (Å²) in [5, 5.41) is 6.83. The van der Waals surface area contributed by atoms with Gasteiger partial charge in [-0.05, 0) is 35.4 Å². The molecular weight excluding hydrogens is 343 g/mol. The number of alkyl halides is 3. The summed E-state index contributed by atoms with van der Waals surface area (Å²) in [7, 11) is 0. The zero-order chi connectivity index (χ0) is 18.6. The fourth-order valence-corrected chi connectivity index (χ4v) is 2.57. The van der Waals surface area contributed by atoms with Crippen molar-refractivity contribution in [3.63, 3.8) is 0 Å². The first-order valence-corrected chi connectivity index (χ1v) is 7.93. The van der Waals surface area contributed by atoms with Crippen LogP contribution in [0.2, 0.25) is 0 Å². The third-order valence-corrected chi connectivity index (χ3v) is 3.90. The summed E-state index contributed by atoms with van der Waals surface area (Å²) in [6.45, 7) is 0.759. The van der Waals surface area contributed by atoms with E-state index in [1.807, 2.05) is 36.5 Å². The maximum Gasteiger partial charge on any atom is 0.416 e. The van der Waals surface area contributed by atoms with Gasteiger partial charge in [0.2, 0.25) is 0 Å². The van der Waals surface area contributed by atoms with Crippen molar-refractivity contribution in [1.29, 1.82) is 0 Å². The molecule has 1 N–H and O–H groups in total. The minimum Gasteiger partial charge on any atom is -0.348 e. The van der Waals surface area contributed by atoms with E-state index in [-0.39, 0.29) is 12.1 Å². The summed E-state index contributed by atoms with van der Waals surface area (Å²) in [6.07, 6.45) is -0.970. The van der Waals surface area contributed by atoms with Crippen molar-refractivity contribution < 1.29 is 18.0 Å². The van der Waals surface area contributed by atoms with Gasteiger partial charge in [0.15, 0.2) is 0 Å². The third-order valence-electron chi connectivity index (χ3n) is 3.90. The molecule has 0 radical (unpaired) electrons. The fraction of sp³-hybridized carbons (Fsp3) is 0.158. The van der Waals surface area contributed by atoms with Crippen LogP contribution in [-0.4, -0.2) is 15.7 Å². The van der Waals surface area contributed by atoms with Crippen LogP contribution in [0.3, 0.4) is 0 Å². The van der Waals surface area contributed by atoms with Gasteiger partial charge in [-0.15, -0.1) is 0 Å². The molecule has 0 bridgehead atoms. The maximum absolute atomic E-state index is 12.8. The lowest BCUT2D eigenvalue weighted by Gasteiger charge is -2.12. The lowest BCUT2D eigenvalue weighted by molar-refractivity contribution is -0.137. The molecule has 0 unspecified atom stereocenters. The molecule has 26 heavy (non-hydrogen) atoms. The minimum absolute atomic E-state index is 0.0237. The number of halogens is 3. The van der Waals surface area contributed by atoms with Crippen LogP contribution in [0.1, 0.15) is 27.0 Å². The van der Waals surface area contributed by atoms with Crippen LogP contribution < -0.4 is 5.32 Å². The van der Waals surface area contributed by atoms with Gasteiger partial charge in [-0.25, -0.2) is 0 Å². The summed E-state index contributed by atoms with van der Waals surface area (Å²) in [5.74, 6) is -0.551. The van der Waals surface area contributed by atoms with Crippen molar-refractivity contribution in [2.45, 2.75) is 19.3 Å². The molecule has 3 aromatic rings. The van der Waals surface area contributed by atoms with E-state index in [9.17, 15) is 18.0 Å². The van der Waals surface area contributed by atoms with Crippen LogP contribution in [0.15, 0.2) is 67.0 Å². The second-order valence-corrected chi connectivity index (χ2v) is 5.73. The van der Waals surface area contributed by atoms with Crippen molar-refractivity contribution >= 4 is 5.91 Å². The van der Waals surface area contributed by atoms with E-state index in [1.165, 1.54) is 12.1 Å². The Kier molecular flexibility index (Phi) is 5.06. The van der Waals surface area contributed by atoms with Gasteiger partial charge >= 0.3 is 6.18 Å². The largest absolute Gasteiger partial charge is 0.416 e. The van der Waals surface area contributed by atoms with Gasteiger partial charge in [0, 0.05) is 24.5 Å². The van der Waals surface area contributed by atoms with Crippen molar-refractivity contribution in [3.05, 3.63) is 89.2 Å². The van der Waals surface area contributed by atoms with Gasteiger partial charge in [0.05, 0.1) is 12.1 Å². The van der Waals surface area contributed by atoms with Gasteiger partial charge in [-0.2, -0.15) is 18.3 Å². The van der Waals surface area contributed by atoms with Crippen molar-refractivity contribution in [2.24, 2.45) is 0 Å². The van der Waals surface area contributed by atoms with E-state index >= 15 is 0 Å². The van der Waals surface area contributed by atoms with Crippen LogP contribution in [0.4, 0.5) is 13.2 Å². The third kappa shape index (κ3) is 4.30. The molecule has 1 heterocycles. The highest BCUT2D eigenvalue weighted by Crippen LogP contribution is 2.29. The normalized spacial score (nSPS) is 11.3. The van der Waals surface area contributed by atoms with Crippen molar-refractivity contribution in [2.75, 3.05) is 0 Å². The Labute approximate surface area is 148 Å². The molecule has 0 saturated carbocycles. The quantitative estimate of drug-likeness (QED) is 0.752. The number of carbonyl (C=O) groups excluding carboxylic acids is 1. The van der Waals surface area contributed by atoms with Crippen LogP contribution in [0.25, 0.3) is 0 Å². The number of nitrogens with zero attached hydrogens (tertiary/aromatic N) is 2. The second kappa shape index (κ2) is 7.43. The molecule has 134 valence electrons. The first-order valence-electron chi connectivity index (χ1n) is 7.93. The second-order valence-electron chi connectivity index (χ2n) is 5.73. The predicted octanol–water partition coefficient (Wildman–Crippen LogP) is 3.88. The predicted molar refractivity (Wildman–Crippen MR) is 90.4 cm³/mol. The average Bonchev–Trinajstić information content (AvgIpc) is 3.13. The van der Waals surface area contributed by atoms with E-state index in [0.717, 1.165) is 23.3 Å². The zero-order valence-corrected chi connectivity index (χ0v) is 13.7. The molecule has 4 nitrogen and oxygen atoms in total. The lowest BCUT2D eigenvalue weighted by atomic mass is 10.1. The summed E-state index contributed by atoms with van der Waals surface area (Å²) >= 11 is 0. The molecule has 0 aliphatic heterocycles. The van der Waals surface area contributed by atoms with E-state index in [0.29, 0.717) is 6.54 Å². The van der Waals surface area contributed by atoms with Gasteiger partial charge in [0.1, 0.15) is 0 Å². The molecule has 2 aromatic carbocycles. The molecule has 0 atom stereocenters. The Morgan fingerprint density at radius 2 is 1.81 bits per heavy atom. The molecule has 3 rings (SSSR count). The molecule has 1 aromatic heterocycles. The summed E-state index contributed by atoms with van der Waals surface area (Å²) in [5.41, 5.74) is 0.984. The monoisotopic (exact) mass is 359 g/mol. The number of hydrogen-bond donors (Lipinski definition) is 1. The van der Waals surface area contributed by atoms with E-state index in [1.54, 1.807) is 10.9 Å². The van der Waals surface area contributed by atoms with Crippen molar-refractivity contribution in [1.82, 2.24) is 15.1 Å². The summed E-state index contributed by atoms with van der Waals surface area (Å²) in [4.78, 5) is 12.2. The highest BCUT2D eigenvalue weighted by atomic mass is 19.4. The van der Waals surface area contributed by atoms with Crippen LogP contribution in [-0.2, 0) is 19.3 Å². The number of nitrogens with one attached hydrogen (secondary N) is 1. The number of amides is 1. The highest BCUT2D eigenvalue weighted by molar-refractivity contribution is 5.94. The van der Waals surface area contributed by atoms with E-state index in [2.05, 4.69) is 10.4 Å². The molecule has 7 heteroatoms. The average molecular weight is 359 g/mol. The fourth-order valence-electron chi connectivity index (χ4n) is 2.57. The van der Waals surface area contributed by atoms with E-state index in [4.69, 9.17) is 0 Å². The maximum atomic E-state index is 12.8. The number of benzene rings is 2. The van der Waals surface area contributed by atoms with Gasteiger partial charge < -0.3 is 5.32 Å². The Bertz CT molecular complexity index is 889. The first kappa shape index (κ1) is 17.7. The molecular formula is C19H16F3N3O. The van der Waals surface area contributed by atoms with Gasteiger partial charge in [-0.1, -0.05) is 30.3 Å². The van der Waals surface area contributed by atoms with Crippen molar-refractivity contribution in [3.8, 4) is 0 Å². The SMILES string of the molecule is O=C(NCc1ccccc1Cn1cccn1)c1cccc(C(F)(F)F)c1. The number of rotatable bonds is 5. The lowest BCUT2D eigenvalue weighted by Crippen LogP contribution is -2.24. The number of carbonyl (C=O) groups is 1. The zero-order valence-electron chi connectivity index (χ0n) is 13.7. The Morgan fingerprint density at radius 3 is 2.50 bits per heavy atom. The van der Waals surface area contributed by atoms with Gasteiger partial charge in [-0.3, -0.25) is 9.48 Å². The number of hydrogen-bond acceptors (Lipinski definition) is 2. The van der Waals surface area contributed by atoms with Gasteiger partial charge in [0.25, 0.3) is 5.91 Å². The molecule has 0 aliphatic carbocycles. The van der Waals surface area contributed by atoms with Crippen LogP contribution >= 0.6 is 0 Å². The smallest absolute Gasteiger partial charge is 0.348 e. The highest BCUT2D eigenvalue weighted by Gasteiger charge is 2.30. The first-order chi connectivity index (χ1) is 12.4. The minimum atomic E-state index is -4.48. The molecule has 0 fully saturated rings. The Morgan fingerprint density at radius 1 is 1.04 bits per heavy atom. The molecule has 1 amide bonds. The topological polar surface area (TPSA) is 46.9 Å².